The Hall–Kier alpha value is -3.95. The van der Waals surface area contributed by atoms with Crippen molar-refractivity contribution in [3.05, 3.63) is 94.0 Å². The van der Waals surface area contributed by atoms with E-state index in [1.807, 2.05) is 25.7 Å². The first-order valence-corrected chi connectivity index (χ1v) is 18.9. The van der Waals surface area contributed by atoms with Gasteiger partial charge >= 0.3 is 12.1 Å². The van der Waals surface area contributed by atoms with Crippen LogP contribution in [0.2, 0.25) is 0 Å². The highest BCUT2D eigenvalue weighted by molar-refractivity contribution is 5.79. The van der Waals surface area contributed by atoms with Gasteiger partial charge in [0.05, 0.1) is 11.7 Å². The fourth-order valence-corrected chi connectivity index (χ4v) is 5.52. The second-order valence-corrected chi connectivity index (χ2v) is 13.3. The number of carbonyl (C=O) groups is 2. The number of hydrogen-bond donors (Lipinski definition) is 3. The summed E-state index contributed by atoms with van der Waals surface area (Å²) in [5, 5.41) is 7.72. The third kappa shape index (κ3) is 19.6. The molecule has 294 valence electrons. The van der Waals surface area contributed by atoms with Crippen molar-refractivity contribution in [3.63, 3.8) is 0 Å². The summed E-state index contributed by atoms with van der Waals surface area (Å²) in [5.74, 6) is -0.0454. The lowest BCUT2D eigenvalue weighted by Gasteiger charge is -2.27. The molecule has 7 nitrogen and oxygen atoms in total. The molecule has 1 fully saturated rings. The summed E-state index contributed by atoms with van der Waals surface area (Å²) < 4.78 is 37.3. The van der Waals surface area contributed by atoms with Crippen molar-refractivity contribution < 1.29 is 27.9 Å². The predicted octanol–water partition coefficient (Wildman–Crippen LogP) is 9.48. The van der Waals surface area contributed by atoms with E-state index in [1.54, 1.807) is 23.0 Å². The van der Waals surface area contributed by atoms with Crippen LogP contribution >= 0.6 is 0 Å². The van der Waals surface area contributed by atoms with Crippen LogP contribution in [0.5, 0.6) is 0 Å². The Labute approximate surface area is 312 Å². The zero-order valence-electron chi connectivity index (χ0n) is 33.3. The van der Waals surface area contributed by atoms with Crippen molar-refractivity contribution in [2.45, 2.75) is 120 Å². The fraction of sp³-hybridized carbons (Fsp3) is 0.571. The second-order valence-electron chi connectivity index (χ2n) is 13.3. The summed E-state index contributed by atoms with van der Waals surface area (Å²) in [4.78, 5) is 25.9. The summed E-state index contributed by atoms with van der Waals surface area (Å²) in [6, 6.07) is 15.3. The molecule has 0 bridgehead atoms. The monoisotopic (exact) mass is 733 g/mol. The van der Waals surface area contributed by atoms with Crippen LogP contribution in [0.1, 0.15) is 108 Å². The van der Waals surface area contributed by atoms with Crippen LogP contribution in [-0.2, 0) is 22.4 Å². The van der Waals surface area contributed by atoms with Crippen molar-refractivity contribution in [3.8, 4) is 0 Å². The molecular formula is C42H67F3N4O3. The lowest BCUT2D eigenvalue weighted by Crippen LogP contribution is -2.39. The highest BCUT2D eigenvalue weighted by Crippen LogP contribution is 2.24. The molecule has 0 spiro atoms. The van der Waals surface area contributed by atoms with Crippen molar-refractivity contribution in [2.24, 2.45) is 23.3 Å². The number of fused-ring (bicyclic) bond motifs is 1. The minimum absolute atomic E-state index is 0.112. The Morgan fingerprint density at radius 1 is 0.942 bits per heavy atom. The zero-order valence-corrected chi connectivity index (χ0v) is 33.3. The zero-order chi connectivity index (χ0) is 39.9. The molecule has 5 N–H and O–H groups in total. The minimum Gasteiger partial charge on any atom is -0.481 e. The van der Waals surface area contributed by atoms with Crippen LogP contribution in [0.15, 0.2) is 66.1 Å². The van der Waals surface area contributed by atoms with Gasteiger partial charge in [0.25, 0.3) is 0 Å². The van der Waals surface area contributed by atoms with Gasteiger partial charge in [0.15, 0.2) is 0 Å². The number of aliphatic carboxylic acids is 1. The maximum Gasteiger partial charge on any atom is 0.430 e. The highest BCUT2D eigenvalue weighted by Gasteiger charge is 2.33. The molecule has 1 heterocycles. The van der Waals surface area contributed by atoms with Gasteiger partial charge in [-0.3, -0.25) is 9.59 Å². The number of likely N-dealkylation sites (tertiary alicyclic amines) is 1. The van der Waals surface area contributed by atoms with Crippen molar-refractivity contribution in [2.75, 3.05) is 26.2 Å². The number of benzene rings is 2. The molecule has 2 unspecified atom stereocenters. The Balaban J connectivity index is 0.000000831. The lowest BCUT2D eigenvalue weighted by atomic mass is 10.0. The Morgan fingerprint density at radius 3 is 2.02 bits per heavy atom. The number of nitrogens with two attached hydrogens (primary N) is 2. The van der Waals surface area contributed by atoms with Gasteiger partial charge < -0.3 is 26.4 Å². The third-order valence-corrected chi connectivity index (χ3v) is 8.79. The summed E-state index contributed by atoms with van der Waals surface area (Å²) in [5.41, 5.74) is 16.9. The third-order valence-electron chi connectivity index (χ3n) is 8.79. The summed E-state index contributed by atoms with van der Waals surface area (Å²) in [6.45, 7) is 20.8. The van der Waals surface area contributed by atoms with Gasteiger partial charge in [-0.25, -0.2) is 0 Å². The van der Waals surface area contributed by atoms with Crippen molar-refractivity contribution >= 4 is 11.9 Å². The van der Waals surface area contributed by atoms with E-state index in [4.69, 9.17) is 16.6 Å². The van der Waals surface area contributed by atoms with E-state index in [0.717, 1.165) is 44.5 Å². The van der Waals surface area contributed by atoms with Gasteiger partial charge in [-0.15, -0.1) is 0 Å². The first-order valence-electron chi connectivity index (χ1n) is 18.9. The van der Waals surface area contributed by atoms with Crippen LogP contribution in [0, 0.1) is 32.6 Å². The smallest absolute Gasteiger partial charge is 0.430 e. The van der Waals surface area contributed by atoms with Gasteiger partial charge in [-0.1, -0.05) is 107 Å². The summed E-state index contributed by atoms with van der Waals surface area (Å²) >= 11 is 0. The minimum atomic E-state index is -4.57. The number of carbonyl (C=O) groups excluding carboxylic acids is 1. The molecule has 52 heavy (non-hydrogen) atoms. The number of alkyl halides is 3. The number of aryl methyl sites for hydroxylation is 5. The number of hydrogen-bond acceptors (Lipinski definition) is 5. The van der Waals surface area contributed by atoms with E-state index < -0.39 is 17.8 Å². The van der Waals surface area contributed by atoms with Crippen LogP contribution in [0.3, 0.4) is 0 Å². The number of rotatable bonds is 10. The highest BCUT2D eigenvalue weighted by atomic mass is 19.4. The molecule has 2 aromatic rings. The van der Waals surface area contributed by atoms with Crippen molar-refractivity contribution in [1.82, 2.24) is 9.80 Å². The number of carboxylic acids is 1. The van der Waals surface area contributed by atoms with E-state index in [2.05, 4.69) is 77.1 Å². The van der Waals surface area contributed by atoms with Crippen LogP contribution in [0.4, 0.5) is 13.2 Å². The number of allylic oxidation sites excluding steroid dienone is 3. The average molecular weight is 733 g/mol. The van der Waals surface area contributed by atoms with Gasteiger partial charge in [0.2, 0.25) is 5.91 Å². The first kappa shape index (κ1) is 48.1. The molecule has 1 amide bonds. The van der Waals surface area contributed by atoms with E-state index >= 15 is 0 Å². The van der Waals surface area contributed by atoms with Gasteiger partial charge in [-0.2, -0.15) is 13.2 Å². The van der Waals surface area contributed by atoms with E-state index in [0.29, 0.717) is 25.4 Å². The Morgan fingerprint density at radius 2 is 1.52 bits per heavy atom. The fourth-order valence-electron chi connectivity index (χ4n) is 5.52. The van der Waals surface area contributed by atoms with E-state index in [1.165, 1.54) is 36.0 Å². The maximum absolute atomic E-state index is 12.9. The Kier molecular flexibility index (Phi) is 23.9. The standard InChI is InChI=1S/C19H33F3N4O.C10H12.C8H10.C3H6O2.C2H6/c1-4-10-25(11-8-14(3)5-2)18(27)15-9-12-26(13-15)17(24)7-6-16(23)19(20,21)22;1-8-5-6-9-3-2-4-10(9)7-8;1-7-4-3-5-8(2)6-7;1-2-3(4)5;1-2/h6-7,14-15H,4-5,8-13,23-24H2,1-3H3;5-7H,2-4H2,1H3;3-6H,1-2H3;2H2,1H3,(H,4,5);1-2H3/b16-6-,17-7+;;;;. The number of carboxylic acid groups (broad SMARTS) is 1. The second kappa shape index (κ2) is 25.9. The van der Waals surface area contributed by atoms with Crippen LogP contribution in [-0.4, -0.2) is 59.1 Å². The SMILES string of the molecule is CC.CCC(=O)O.CCCN(CCC(C)CC)C(=O)C1CCN(/C(N)=C/C=C(\N)C(F)(F)F)C1.Cc1ccc2c(c1)CCC2.Cc1cccc(C)c1. The van der Waals surface area contributed by atoms with Gasteiger partial charge in [0.1, 0.15) is 5.70 Å². The normalized spacial score (nSPS) is 15.6. The van der Waals surface area contributed by atoms with Crippen LogP contribution in [0.25, 0.3) is 0 Å². The molecule has 0 saturated carbocycles. The molecule has 4 rings (SSSR count). The Bertz CT molecular complexity index is 1370. The summed E-state index contributed by atoms with van der Waals surface area (Å²) in [6.07, 6.45) is 5.13. The van der Waals surface area contributed by atoms with E-state index in [-0.39, 0.29) is 24.1 Å². The lowest BCUT2D eigenvalue weighted by molar-refractivity contribution is -0.137. The predicted molar refractivity (Wildman–Crippen MR) is 210 cm³/mol. The first-order chi connectivity index (χ1) is 24.5. The molecule has 2 aromatic carbocycles. The van der Waals surface area contributed by atoms with Crippen molar-refractivity contribution in [1.29, 1.82) is 0 Å². The number of nitrogens with zero attached hydrogens (tertiary/aromatic N) is 2. The van der Waals surface area contributed by atoms with Gasteiger partial charge in [-0.05, 0) is 88.5 Å². The number of amides is 1. The quantitative estimate of drug-likeness (QED) is 0.210. The molecule has 1 aliphatic carbocycles. The number of halogens is 3. The maximum atomic E-state index is 12.9. The topological polar surface area (TPSA) is 113 Å². The molecule has 2 aliphatic rings. The van der Waals surface area contributed by atoms with Gasteiger partial charge in [0, 0.05) is 32.6 Å². The summed E-state index contributed by atoms with van der Waals surface area (Å²) in [7, 11) is 0. The molecule has 10 heteroatoms. The molecule has 1 aliphatic heterocycles. The molecule has 0 radical (unpaired) electrons. The van der Waals surface area contributed by atoms with Crippen LogP contribution < -0.4 is 11.5 Å². The molecule has 1 saturated heterocycles. The molecule has 2 atom stereocenters. The van der Waals surface area contributed by atoms with E-state index in [9.17, 15) is 22.8 Å². The molecular weight excluding hydrogens is 665 g/mol. The average Bonchev–Trinajstić information content (AvgIpc) is 3.80. The largest absolute Gasteiger partial charge is 0.481 e. The molecule has 0 aromatic heterocycles.